The van der Waals surface area contributed by atoms with Crippen LogP contribution in [-0.2, 0) is 20.4 Å². The van der Waals surface area contributed by atoms with Crippen molar-refractivity contribution >= 4 is 66.2 Å². The Morgan fingerprint density at radius 3 is 1.59 bits per heavy atom. The van der Waals surface area contributed by atoms with Gasteiger partial charge in [-0.2, -0.15) is 0 Å². The summed E-state index contributed by atoms with van der Waals surface area (Å²) in [6.07, 6.45) is -4.79. The number of rotatable bonds is 5. The van der Waals surface area contributed by atoms with Gasteiger partial charge in [-0.25, -0.2) is 9.97 Å². The monoisotopic (exact) mass is 828 g/mol. The molecule has 10 nitrogen and oxygen atoms in total. The maximum absolute atomic E-state index is 13.1. The van der Waals surface area contributed by atoms with E-state index in [4.69, 9.17) is 17.3 Å². The Bertz CT molecular complexity index is 1930. The fraction of sp³-hybridized carbons (Fsp3) is 0.250. The van der Waals surface area contributed by atoms with Crippen molar-refractivity contribution < 1.29 is 46.1 Å². The summed E-state index contributed by atoms with van der Waals surface area (Å²) in [6, 6.07) is 19.4. The van der Waals surface area contributed by atoms with Gasteiger partial charge in [0.2, 0.25) is 11.1 Å². The van der Waals surface area contributed by atoms with E-state index in [1.54, 1.807) is 36.4 Å². The number of nitrogens with zero attached hydrogens (tertiary/aromatic N) is 2. The molecule has 0 radical (unpaired) electrons. The van der Waals surface area contributed by atoms with Crippen molar-refractivity contribution in [2.45, 2.75) is 49.1 Å². The average molecular weight is 831 g/mol. The summed E-state index contributed by atoms with van der Waals surface area (Å²) in [5.41, 5.74) is 5.06. The van der Waals surface area contributed by atoms with E-state index < -0.39 is 28.7 Å². The number of carbonyl (C=O) groups is 2. The molecule has 0 spiro atoms. The number of anilines is 2. The molecule has 2 aromatic heterocycles. The predicted molar refractivity (Wildman–Crippen MR) is 175 cm³/mol. The van der Waals surface area contributed by atoms with E-state index in [9.17, 15) is 27.2 Å². The lowest BCUT2D eigenvalue weighted by Gasteiger charge is -2.16. The number of hydrogen-bond donors (Lipinski definition) is 2. The minimum absolute atomic E-state index is 0.0310. The Morgan fingerprint density at radius 1 is 0.694 bits per heavy atom. The van der Waals surface area contributed by atoms with E-state index in [0.29, 0.717) is 53.0 Å². The molecule has 17 heteroatoms. The van der Waals surface area contributed by atoms with Gasteiger partial charge in [-0.15, -0.1) is 17.6 Å². The van der Waals surface area contributed by atoms with Gasteiger partial charge in [-0.05, 0) is 129 Å². The zero-order valence-corrected chi connectivity index (χ0v) is 28.8. The van der Waals surface area contributed by atoms with Crippen LogP contribution >= 0.6 is 43.5 Å². The predicted octanol–water partition coefficient (Wildman–Crippen LogP) is 8.07. The number of aromatic nitrogens is 2. The van der Waals surface area contributed by atoms with Gasteiger partial charge in [0.1, 0.15) is 20.8 Å². The van der Waals surface area contributed by atoms with Gasteiger partial charge in [0.15, 0.2) is 23.0 Å². The molecule has 4 heterocycles. The van der Waals surface area contributed by atoms with Crippen molar-refractivity contribution in [3.8, 4) is 23.0 Å². The molecule has 0 atom stereocenters. The van der Waals surface area contributed by atoms with E-state index in [-0.39, 0.29) is 28.9 Å². The smallest absolute Gasteiger partial charge is 0.395 e. The Kier molecular flexibility index (Phi) is 9.17. The summed E-state index contributed by atoms with van der Waals surface area (Å²) in [6.45, 7) is 0. The summed E-state index contributed by atoms with van der Waals surface area (Å²) < 4.78 is 70.7. The van der Waals surface area contributed by atoms with E-state index in [1.807, 2.05) is 12.1 Å². The number of nitrogens with two attached hydrogens (primary N) is 1. The van der Waals surface area contributed by atoms with Crippen molar-refractivity contribution in [2.75, 3.05) is 11.1 Å². The van der Waals surface area contributed by atoms with Gasteiger partial charge in [0, 0.05) is 0 Å². The van der Waals surface area contributed by atoms with Crippen LogP contribution in [0.3, 0.4) is 0 Å². The molecule has 0 unspecified atom stereocenters. The lowest BCUT2D eigenvalue weighted by Crippen LogP contribution is -2.28. The Balaban J connectivity index is 0.000000144. The second-order valence-electron chi connectivity index (χ2n) is 11.3. The largest absolute Gasteiger partial charge is 0.586 e. The molecule has 2 saturated carbocycles. The zero-order valence-electron chi connectivity index (χ0n) is 24.8. The van der Waals surface area contributed by atoms with Crippen LogP contribution in [0.25, 0.3) is 0 Å². The molecular formula is C32H23Br2ClF4N4O6. The Labute approximate surface area is 297 Å². The van der Waals surface area contributed by atoms with E-state index in [2.05, 4.69) is 66.1 Å². The quantitative estimate of drug-likeness (QED) is 0.116. The normalized spacial score (nSPS) is 18.5. The number of nitrogen functional groups attached to an aromatic ring is 1. The molecule has 2 aromatic carbocycles. The maximum atomic E-state index is 13.1. The van der Waals surface area contributed by atoms with Crippen LogP contribution in [0.4, 0.5) is 29.2 Å². The van der Waals surface area contributed by atoms with Gasteiger partial charge in [-0.1, -0.05) is 24.3 Å². The van der Waals surface area contributed by atoms with Crippen molar-refractivity contribution in [3.63, 3.8) is 0 Å². The zero-order chi connectivity index (χ0) is 35.2. The minimum Gasteiger partial charge on any atom is -0.395 e. The number of ether oxygens (including phenoxy) is 4. The summed E-state index contributed by atoms with van der Waals surface area (Å²) in [5, 5.41) is 2.30. The van der Waals surface area contributed by atoms with Crippen molar-refractivity contribution in [1.82, 2.24) is 9.97 Å². The molecule has 1 amide bonds. The van der Waals surface area contributed by atoms with Crippen molar-refractivity contribution in [1.29, 1.82) is 0 Å². The molecule has 256 valence electrons. The molecule has 2 aliphatic heterocycles. The van der Waals surface area contributed by atoms with Crippen LogP contribution in [0.15, 0.2) is 82.0 Å². The standard InChI is InChI=1S/C16H11BrF2N2O3.C11H7ClF2O3.C5H5BrN2/c17-12-2-1-3-13(20-12)21-14(22)15(6-7-15)9-4-5-10-11(8-9)24-16(18,19)23-10;12-9(15)10(3-4-10)6-1-2-7-8(5-6)17-11(13,14)16-7;6-4-2-1-3-5(7)8-4/h1-5,8H,6-7H2,(H,20,21,22);1-2,5H,3-4H2;1-3H,(H2,7,8). The van der Waals surface area contributed by atoms with Gasteiger partial charge in [0.25, 0.3) is 0 Å². The first-order chi connectivity index (χ1) is 23.1. The van der Waals surface area contributed by atoms with Crippen LogP contribution < -0.4 is 30.0 Å². The van der Waals surface area contributed by atoms with Crippen LogP contribution in [-0.4, -0.2) is 33.7 Å². The molecule has 2 aliphatic carbocycles. The summed E-state index contributed by atoms with van der Waals surface area (Å²) in [5.74, 6) is 0.560. The topological polar surface area (TPSA) is 135 Å². The second-order valence-corrected chi connectivity index (χ2v) is 13.2. The fourth-order valence-corrected chi connectivity index (χ4v) is 6.13. The first-order valence-corrected chi connectivity index (χ1v) is 16.4. The molecule has 3 N–H and O–H groups in total. The average Bonchev–Trinajstić information content (AvgIpc) is 3.93. The molecule has 4 aromatic rings. The second kappa shape index (κ2) is 12.9. The number of fused-ring (bicyclic) bond motifs is 2. The van der Waals surface area contributed by atoms with Crippen LogP contribution in [0.5, 0.6) is 23.0 Å². The molecule has 8 rings (SSSR count). The van der Waals surface area contributed by atoms with Gasteiger partial charge in [0.05, 0.1) is 10.8 Å². The van der Waals surface area contributed by atoms with Gasteiger partial charge < -0.3 is 30.0 Å². The number of amides is 1. The lowest BCUT2D eigenvalue weighted by atomic mass is 9.94. The molecule has 0 bridgehead atoms. The summed E-state index contributed by atoms with van der Waals surface area (Å²) in [7, 11) is 0. The first kappa shape index (κ1) is 34.7. The fourth-order valence-electron chi connectivity index (χ4n) is 5.13. The summed E-state index contributed by atoms with van der Waals surface area (Å²) in [4.78, 5) is 32.0. The van der Waals surface area contributed by atoms with E-state index in [1.165, 1.54) is 24.3 Å². The van der Waals surface area contributed by atoms with Crippen molar-refractivity contribution in [3.05, 3.63) is 93.1 Å². The van der Waals surface area contributed by atoms with Crippen LogP contribution in [0, 0.1) is 0 Å². The highest BCUT2D eigenvalue weighted by molar-refractivity contribution is 9.10. The number of carbonyl (C=O) groups excluding carboxylic acids is 2. The van der Waals surface area contributed by atoms with E-state index in [0.717, 1.165) is 4.60 Å². The van der Waals surface area contributed by atoms with E-state index >= 15 is 0 Å². The number of hydrogen-bond acceptors (Lipinski definition) is 9. The number of nitrogens with one attached hydrogen (secondary N) is 1. The SMILES string of the molecule is Nc1cccc(Br)n1.O=C(Cl)C1(c2ccc3c(c2)OC(F)(F)O3)CC1.O=C(Nc1cccc(Br)n1)C1(c2ccc3c(c2)OC(F)(F)O3)CC1. The van der Waals surface area contributed by atoms with Crippen LogP contribution in [0.1, 0.15) is 36.8 Å². The Morgan fingerprint density at radius 2 is 1.16 bits per heavy atom. The lowest BCUT2D eigenvalue weighted by molar-refractivity contribution is -0.287. The van der Waals surface area contributed by atoms with Crippen molar-refractivity contribution in [2.24, 2.45) is 0 Å². The maximum Gasteiger partial charge on any atom is 0.586 e. The van der Waals surface area contributed by atoms with Gasteiger partial charge in [-0.3, -0.25) is 9.59 Å². The molecule has 49 heavy (non-hydrogen) atoms. The van der Waals surface area contributed by atoms with Crippen LogP contribution in [0.2, 0.25) is 0 Å². The third kappa shape index (κ3) is 7.70. The molecule has 4 aliphatic rings. The minimum atomic E-state index is -3.67. The number of pyridine rings is 2. The third-order valence-corrected chi connectivity index (χ3v) is 9.16. The molecule has 2 fully saturated rings. The highest BCUT2D eigenvalue weighted by Gasteiger charge is 2.53. The third-order valence-electron chi connectivity index (χ3n) is 7.91. The molecular weight excluding hydrogens is 808 g/mol. The molecule has 0 saturated heterocycles. The number of benzene rings is 2. The Hall–Kier alpha value is -4.15. The highest BCUT2D eigenvalue weighted by atomic mass is 79.9. The first-order valence-electron chi connectivity index (χ1n) is 14.4. The van der Waals surface area contributed by atoms with Gasteiger partial charge >= 0.3 is 12.6 Å². The number of alkyl halides is 4. The highest BCUT2D eigenvalue weighted by Crippen LogP contribution is 2.53. The number of halogens is 7. The summed E-state index contributed by atoms with van der Waals surface area (Å²) >= 11 is 11.9.